The average Bonchev–Trinajstić information content (AvgIpc) is 2.22. The molecule has 1 aromatic carbocycles. The molecule has 0 radical (unpaired) electrons. The number of esters is 1. The number of halogens is 1. The summed E-state index contributed by atoms with van der Waals surface area (Å²) in [5.41, 5.74) is 5.76. The molecule has 1 rings (SSSR count). The van der Waals surface area contributed by atoms with Crippen LogP contribution in [0.2, 0.25) is 0 Å². The summed E-state index contributed by atoms with van der Waals surface area (Å²) >= 11 is 0. The van der Waals surface area contributed by atoms with Crippen molar-refractivity contribution in [3.8, 4) is 5.75 Å². The molecule has 15 heavy (non-hydrogen) atoms. The van der Waals surface area contributed by atoms with Crippen LogP contribution in [0.1, 0.15) is 5.56 Å². The van der Waals surface area contributed by atoms with E-state index in [2.05, 4.69) is 4.74 Å². The molecule has 0 amide bonds. The van der Waals surface area contributed by atoms with Crippen molar-refractivity contribution < 1.29 is 18.7 Å². The fraction of sp³-hybridized carbons (Fsp3) is 0.300. The summed E-state index contributed by atoms with van der Waals surface area (Å²) in [5, 5.41) is 0. The summed E-state index contributed by atoms with van der Waals surface area (Å²) in [5.74, 6) is -0.661. The molecule has 0 spiro atoms. The maximum Gasteiger partial charge on any atom is 0.310 e. The van der Waals surface area contributed by atoms with Gasteiger partial charge in [-0.2, -0.15) is 0 Å². The minimum atomic E-state index is -0.574. The van der Waals surface area contributed by atoms with E-state index in [0.29, 0.717) is 11.3 Å². The highest BCUT2D eigenvalue weighted by Crippen LogP contribution is 2.24. The molecule has 5 heteroatoms. The van der Waals surface area contributed by atoms with E-state index in [-0.39, 0.29) is 12.1 Å². The first-order valence-corrected chi connectivity index (χ1v) is 4.27. The zero-order chi connectivity index (χ0) is 11.4. The third-order valence-electron chi connectivity index (χ3n) is 1.96. The molecule has 0 unspecified atom stereocenters. The van der Waals surface area contributed by atoms with Crippen LogP contribution in [0.5, 0.6) is 5.75 Å². The van der Waals surface area contributed by atoms with Crippen LogP contribution < -0.4 is 10.5 Å². The van der Waals surface area contributed by atoms with Gasteiger partial charge in [0.05, 0.1) is 26.3 Å². The number of ether oxygens (including phenoxy) is 2. The molecule has 0 bridgehead atoms. The number of hydrogen-bond acceptors (Lipinski definition) is 4. The number of carbonyl (C=O) groups is 1. The van der Waals surface area contributed by atoms with Crippen molar-refractivity contribution in [3.05, 3.63) is 23.5 Å². The van der Waals surface area contributed by atoms with Crippen LogP contribution in [0.15, 0.2) is 12.1 Å². The average molecular weight is 213 g/mol. The fourth-order valence-electron chi connectivity index (χ4n) is 1.17. The van der Waals surface area contributed by atoms with Gasteiger partial charge in [-0.05, 0) is 6.07 Å². The summed E-state index contributed by atoms with van der Waals surface area (Å²) in [7, 11) is 2.69. The smallest absolute Gasteiger partial charge is 0.310 e. The zero-order valence-electron chi connectivity index (χ0n) is 8.54. The largest absolute Gasteiger partial charge is 0.496 e. The molecule has 0 atom stereocenters. The lowest BCUT2D eigenvalue weighted by Crippen LogP contribution is -2.07. The third-order valence-corrected chi connectivity index (χ3v) is 1.96. The van der Waals surface area contributed by atoms with Crippen molar-refractivity contribution in [2.45, 2.75) is 6.42 Å². The van der Waals surface area contributed by atoms with E-state index >= 15 is 0 Å². The maximum atomic E-state index is 13.1. The van der Waals surface area contributed by atoms with Crippen LogP contribution in [-0.2, 0) is 16.0 Å². The van der Waals surface area contributed by atoms with Gasteiger partial charge in [0.2, 0.25) is 0 Å². The van der Waals surface area contributed by atoms with Gasteiger partial charge in [-0.15, -0.1) is 0 Å². The van der Waals surface area contributed by atoms with Gasteiger partial charge in [-0.25, -0.2) is 4.39 Å². The summed E-state index contributed by atoms with van der Waals surface area (Å²) in [4.78, 5) is 11.0. The van der Waals surface area contributed by atoms with Crippen molar-refractivity contribution >= 4 is 11.7 Å². The number of nitrogen functional groups attached to an aromatic ring is 1. The van der Waals surface area contributed by atoms with E-state index < -0.39 is 11.8 Å². The number of anilines is 1. The highest BCUT2D eigenvalue weighted by molar-refractivity contribution is 5.74. The second-order valence-corrected chi connectivity index (χ2v) is 2.94. The van der Waals surface area contributed by atoms with Gasteiger partial charge < -0.3 is 15.2 Å². The minimum Gasteiger partial charge on any atom is -0.496 e. The molecule has 0 aliphatic carbocycles. The molecule has 0 aromatic heterocycles. The molecule has 2 N–H and O–H groups in total. The number of methoxy groups -OCH3 is 2. The molecule has 0 saturated heterocycles. The lowest BCUT2D eigenvalue weighted by atomic mass is 10.1. The Balaban J connectivity index is 3.05. The first-order valence-electron chi connectivity index (χ1n) is 4.27. The summed E-state index contributed by atoms with van der Waals surface area (Å²) in [6.07, 6.45) is -0.0448. The molecule has 4 nitrogen and oxygen atoms in total. The van der Waals surface area contributed by atoms with Gasteiger partial charge >= 0.3 is 5.97 Å². The first-order chi connectivity index (χ1) is 7.08. The Hall–Kier alpha value is -1.78. The van der Waals surface area contributed by atoms with E-state index in [4.69, 9.17) is 10.5 Å². The van der Waals surface area contributed by atoms with E-state index in [0.717, 1.165) is 0 Å². The fourth-order valence-corrected chi connectivity index (χ4v) is 1.17. The van der Waals surface area contributed by atoms with E-state index in [1.54, 1.807) is 0 Å². The SMILES string of the molecule is COC(=O)Cc1cc(F)c(N)cc1OC. The Morgan fingerprint density at radius 3 is 2.67 bits per heavy atom. The Labute approximate surface area is 86.8 Å². The minimum absolute atomic E-state index is 0.0135. The Bertz CT molecular complexity index is 379. The number of rotatable bonds is 3. The molecule has 82 valence electrons. The molecular weight excluding hydrogens is 201 g/mol. The van der Waals surface area contributed by atoms with Gasteiger partial charge in [0.1, 0.15) is 11.6 Å². The molecular formula is C10H12FNO3. The molecule has 0 heterocycles. The predicted octanol–water partition coefficient (Wildman–Crippen LogP) is 1.13. The van der Waals surface area contributed by atoms with E-state index in [1.807, 2.05) is 0 Å². The normalized spacial score (nSPS) is 9.80. The topological polar surface area (TPSA) is 61.5 Å². The summed E-state index contributed by atoms with van der Waals surface area (Å²) in [6, 6.07) is 2.51. The molecule has 0 aliphatic heterocycles. The van der Waals surface area contributed by atoms with Crippen LogP contribution in [0.3, 0.4) is 0 Å². The monoisotopic (exact) mass is 213 g/mol. The van der Waals surface area contributed by atoms with Crippen molar-refractivity contribution in [1.29, 1.82) is 0 Å². The second-order valence-electron chi connectivity index (χ2n) is 2.94. The van der Waals surface area contributed by atoms with Gasteiger partial charge in [0.15, 0.2) is 0 Å². The summed E-state index contributed by atoms with van der Waals surface area (Å²) in [6.45, 7) is 0. The lowest BCUT2D eigenvalue weighted by Gasteiger charge is -2.09. The van der Waals surface area contributed by atoms with E-state index in [9.17, 15) is 9.18 Å². The molecule has 0 saturated carbocycles. The standard InChI is InChI=1S/C10H12FNO3/c1-14-9-5-8(12)7(11)3-6(9)4-10(13)15-2/h3,5H,4,12H2,1-2H3. The summed E-state index contributed by atoms with van der Waals surface area (Å²) < 4.78 is 22.6. The Kier molecular flexibility index (Phi) is 3.49. The number of benzene rings is 1. The van der Waals surface area contributed by atoms with Crippen LogP contribution in [0.4, 0.5) is 10.1 Å². The van der Waals surface area contributed by atoms with Crippen molar-refractivity contribution in [2.75, 3.05) is 20.0 Å². The predicted molar refractivity (Wildman–Crippen MR) is 53.1 cm³/mol. The highest BCUT2D eigenvalue weighted by atomic mass is 19.1. The lowest BCUT2D eigenvalue weighted by molar-refractivity contribution is -0.139. The quantitative estimate of drug-likeness (QED) is 0.604. The van der Waals surface area contributed by atoms with Gasteiger partial charge in [-0.3, -0.25) is 4.79 Å². The molecule has 0 fully saturated rings. The third kappa shape index (κ3) is 2.59. The first kappa shape index (κ1) is 11.3. The number of carbonyl (C=O) groups excluding carboxylic acids is 1. The van der Waals surface area contributed by atoms with Crippen LogP contribution in [0, 0.1) is 5.82 Å². The number of nitrogens with two attached hydrogens (primary N) is 1. The van der Waals surface area contributed by atoms with E-state index in [1.165, 1.54) is 26.4 Å². The number of hydrogen-bond donors (Lipinski definition) is 1. The highest BCUT2D eigenvalue weighted by Gasteiger charge is 2.12. The van der Waals surface area contributed by atoms with Crippen molar-refractivity contribution in [2.24, 2.45) is 0 Å². The molecule has 0 aliphatic rings. The van der Waals surface area contributed by atoms with Gasteiger partial charge in [0, 0.05) is 11.6 Å². The van der Waals surface area contributed by atoms with Gasteiger partial charge in [0.25, 0.3) is 0 Å². The zero-order valence-corrected chi connectivity index (χ0v) is 8.54. The second kappa shape index (κ2) is 4.63. The van der Waals surface area contributed by atoms with Crippen molar-refractivity contribution in [1.82, 2.24) is 0 Å². The van der Waals surface area contributed by atoms with Crippen LogP contribution >= 0.6 is 0 Å². The van der Waals surface area contributed by atoms with Crippen molar-refractivity contribution in [3.63, 3.8) is 0 Å². The maximum absolute atomic E-state index is 13.1. The van der Waals surface area contributed by atoms with Crippen LogP contribution in [0.25, 0.3) is 0 Å². The Morgan fingerprint density at radius 2 is 2.13 bits per heavy atom. The van der Waals surface area contributed by atoms with Crippen LogP contribution in [-0.4, -0.2) is 20.2 Å². The van der Waals surface area contributed by atoms with Gasteiger partial charge in [-0.1, -0.05) is 0 Å². The molecule has 1 aromatic rings. The Morgan fingerprint density at radius 1 is 1.47 bits per heavy atom.